The van der Waals surface area contributed by atoms with Gasteiger partial charge in [-0.2, -0.15) is 0 Å². The van der Waals surface area contributed by atoms with Gasteiger partial charge in [0, 0.05) is 0 Å². The average Bonchev–Trinajstić information content (AvgIpc) is 3.17. The van der Waals surface area contributed by atoms with E-state index in [2.05, 4.69) is 194 Å². The molecule has 0 bridgehead atoms. The van der Waals surface area contributed by atoms with Gasteiger partial charge < -0.3 is 0 Å². The molecule has 0 aliphatic carbocycles. The molecule has 0 amide bonds. The molecule has 0 aliphatic rings. The van der Waals surface area contributed by atoms with Crippen LogP contribution in [0.1, 0.15) is 0 Å². The van der Waals surface area contributed by atoms with Crippen LogP contribution in [-0.4, -0.2) is 0 Å². The highest BCUT2D eigenvalue weighted by molar-refractivity contribution is 6.25. The summed E-state index contributed by atoms with van der Waals surface area (Å²) in [4.78, 5) is 0. The molecule has 0 saturated carbocycles. The predicted molar refractivity (Wildman–Crippen MR) is 206 cm³/mol. The summed E-state index contributed by atoms with van der Waals surface area (Å²) in [7, 11) is 0. The standard InChI is InChI=1S/C48H32/c1-4-15-33(16-5-1)34-27-29-37(30-28-34)46-40-21-10-12-23-42(40)48(43-24-13-11-22-41(43)46)45-32-31-39(36-19-8-3-9-20-36)47-38(25-14-26-44(45)47)35-17-6-2-7-18-35/h1-32H. The summed E-state index contributed by atoms with van der Waals surface area (Å²) in [6.45, 7) is 0. The Balaban J connectivity index is 1.34. The molecule has 0 aliphatic heterocycles. The summed E-state index contributed by atoms with van der Waals surface area (Å²) in [5, 5.41) is 7.58. The molecule has 9 aromatic carbocycles. The number of rotatable bonds is 5. The zero-order chi connectivity index (χ0) is 31.9. The molecule has 0 heteroatoms. The topological polar surface area (TPSA) is 0 Å². The van der Waals surface area contributed by atoms with Gasteiger partial charge in [0.2, 0.25) is 0 Å². The Morgan fingerprint density at radius 2 is 0.562 bits per heavy atom. The van der Waals surface area contributed by atoms with Crippen LogP contribution >= 0.6 is 0 Å². The van der Waals surface area contributed by atoms with Crippen molar-refractivity contribution in [2.45, 2.75) is 0 Å². The maximum absolute atomic E-state index is 2.35. The molecule has 0 unspecified atom stereocenters. The van der Waals surface area contributed by atoms with Crippen LogP contribution in [-0.2, 0) is 0 Å². The summed E-state index contributed by atoms with van der Waals surface area (Å²) in [5.41, 5.74) is 12.4. The fraction of sp³-hybridized carbons (Fsp3) is 0. The lowest BCUT2D eigenvalue weighted by molar-refractivity contribution is 1.61. The molecule has 9 rings (SSSR count). The Kier molecular flexibility index (Phi) is 6.91. The van der Waals surface area contributed by atoms with Crippen LogP contribution < -0.4 is 0 Å². The van der Waals surface area contributed by atoms with Gasteiger partial charge >= 0.3 is 0 Å². The van der Waals surface area contributed by atoms with Crippen LogP contribution in [0.25, 0.3) is 88.0 Å². The van der Waals surface area contributed by atoms with Gasteiger partial charge in [0.15, 0.2) is 0 Å². The van der Waals surface area contributed by atoms with Gasteiger partial charge in [-0.25, -0.2) is 0 Å². The van der Waals surface area contributed by atoms with Crippen LogP contribution in [0.4, 0.5) is 0 Å². The third kappa shape index (κ3) is 4.70. The van der Waals surface area contributed by atoms with Crippen LogP contribution in [0, 0.1) is 0 Å². The predicted octanol–water partition coefficient (Wildman–Crippen LogP) is 13.5. The second-order valence-corrected chi connectivity index (χ2v) is 12.4. The highest BCUT2D eigenvalue weighted by atomic mass is 14.2. The SMILES string of the molecule is c1ccc(-c2ccc(-c3c4ccccc4c(-c4ccc(-c5ccccc5)c5c(-c6ccccc6)cccc45)c4ccccc34)cc2)cc1. The molecule has 0 fully saturated rings. The second-order valence-electron chi connectivity index (χ2n) is 12.4. The minimum absolute atomic E-state index is 1.22. The Hall–Kier alpha value is -6.24. The summed E-state index contributed by atoms with van der Waals surface area (Å²) in [6.07, 6.45) is 0. The lowest BCUT2D eigenvalue weighted by Gasteiger charge is -2.21. The van der Waals surface area contributed by atoms with Crippen molar-refractivity contribution in [2.24, 2.45) is 0 Å². The summed E-state index contributed by atoms with van der Waals surface area (Å²) < 4.78 is 0. The zero-order valence-corrected chi connectivity index (χ0v) is 26.5. The second kappa shape index (κ2) is 11.8. The van der Waals surface area contributed by atoms with E-state index in [4.69, 9.17) is 0 Å². The van der Waals surface area contributed by atoms with Gasteiger partial charge in [0.05, 0.1) is 0 Å². The Morgan fingerprint density at radius 1 is 0.188 bits per heavy atom. The van der Waals surface area contributed by atoms with Crippen LogP contribution in [0.15, 0.2) is 194 Å². The molecule has 0 N–H and O–H groups in total. The molecule has 0 atom stereocenters. The largest absolute Gasteiger partial charge is 0.0622 e. The van der Waals surface area contributed by atoms with Gasteiger partial charge in [0.1, 0.15) is 0 Å². The fourth-order valence-corrected chi connectivity index (χ4v) is 7.53. The van der Waals surface area contributed by atoms with Crippen molar-refractivity contribution in [1.82, 2.24) is 0 Å². The number of fused-ring (bicyclic) bond motifs is 3. The molecule has 0 saturated heterocycles. The summed E-state index contributed by atoms with van der Waals surface area (Å²) in [6, 6.07) is 70.7. The van der Waals surface area contributed by atoms with Crippen molar-refractivity contribution < 1.29 is 0 Å². The number of benzene rings is 9. The molecule has 0 nitrogen and oxygen atoms in total. The van der Waals surface area contributed by atoms with Crippen molar-refractivity contribution in [3.05, 3.63) is 194 Å². The molecule has 224 valence electrons. The number of hydrogen-bond donors (Lipinski definition) is 0. The van der Waals surface area contributed by atoms with Crippen molar-refractivity contribution >= 4 is 32.3 Å². The fourth-order valence-electron chi connectivity index (χ4n) is 7.53. The summed E-state index contributed by atoms with van der Waals surface area (Å²) >= 11 is 0. The quantitative estimate of drug-likeness (QED) is 0.171. The Bertz CT molecular complexity index is 2460. The first-order valence-electron chi connectivity index (χ1n) is 16.6. The monoisotopic (exact) mass is 608 g/mol. The third-order valence-electron chi connectivity index (χ3n) is 9.69. The van der Waals surface area contributed by atoms with E-state index < -0.39 is 0 Å². The van der Waals surface area contributed by atoms with Crippen molar-refractivity contribution in [1.29, 1.82) is 0 Å². The van der Waals surface area contributed by atoms with E-state index in [1.807, 2.05) is 0 Å². The van der Waals surface area contributed by atoms with E-state index >= 15 is 0 Å². The first-order valence-corrected chi connectivity index (χ1v) is 16.6. The first-order chi connectivity index (χ1) is 23.8. The molecule has 0 heterocycles. The normalized spacial score (nSPS) is 11.3. The minimum atomic E-state index is 1.22. The van der Waals surface area contributed by atoms with Crippen LogP contribution in [0.2, 0.25) is 0 Å². The summed E-state index contributed by atoms with van der Waals surface area (Å²) in [5.74, 6) is 0. The molecular formula is C48H32. The highest BCUT2D eigenvalue weighted by Gasteiger charge is 2.20. The van der Waals surface area contributed by atoms with Crippen LogP contribution in [0.3, 0.4) is 0 Å². The van der Waals surface area contributed by atoms with Gasteiger partial charge in [-0.3, -0.25) is 0 Å². The first kappa shape index (κ1) is 28.0. The maximum Gasteiger partial charge on any atom is -0.00201 e. The van der Waals surface area contributed by atoms with E-state index in [-0.39, 0.29) is 0 Å². The lowest BCUT2D eigenvalue weighted by atomic mass is 9.82. The van der Waals surface area contributed by atoms with Gasteiger partial charge in [-0.05, 0) is 88.0 Å². The molecule has 0 spiro atoms. The Labute approximate surface area is 281 Å². The van der Waals surface area contributed by atoms with E-state index in [1.165, 1.54) is 88.0 Å². The maximum atomic E-state index is 2.35. The average molecular weight is 609 g/mol. The molecule has 9 aromatic rings. The molecule has 0 radical (unpaired) electrons. The molecular weight excluding hydrogens is 577 g/mol. The minimum Gasteiger partial charge on any atom is -0.0622 e. The smallest absolute Gasteiger partial charge is 0.00201 e. The highest BCUT2D eigenvalue weighted by Crippen LogP contribution is 2.48. The van der Waals surface area contributed by atoms with E-state index in [0.29, 0.717) is 0 Å². The lowest BCUT2D eigenvalue weighted by Crippen LogP contribution is -1.93. The molecule has 0 aromatic heterocycles. The van der Waals surface area contributed by atoms with Gasteiger partial charge in [0.25, 0.3) is 0 Å². The van der Waals surface area contributed by atoms with Crippen molar-refractivity contribution in [3.63, 3.8) is 0 Å². The zero-order valence-electron chi connectivity index (χ0n) is 26.5. The van der Waals surface area contributed by atoms with E-state index in [0.717, 1.165) is 0 Å². The number of hydrogen-bond acceptors (Lipinski definition) is 0. The van der Waals surface area contributed by atoms with Crippen LogP contribution in [0.5, 0.6) is 0 Å². The molecule has 48 heavy (non-hydrogen) atoms. The van der Waals surface area contributed by atoms with Crippen molar-refractivity contribution in [2.75, 3.05) is 0 Å². The van der Waals surface area contributed by atoms with Crippen molar-refractivity contribution in [3.8, 4) is 55.6 Å². The third-order valence-corrected chi connectivity index (χ3v) is 9.69. The van der Waals surface area contributed by atoms with Gasteiger partial charge in [-0.15, -0.1) is 0 Å². The Morgan fingerprint density at radius 3 is 1.10 bits per heavy atom. The van der Waals surface area contributed by atoms with Gasteiger partial charge in [-0.1, -0.05) is 194 Å². The van der Waals surface area contributed by atoms with E-state index in [9.17, 15) is 0 Å². The van der Waals surface area contributed by atoms with E-state index in [1.54, 1.807) is 0 Å².